The number of methoxy groups -OCH3 is 1. The summed E-state index contributed by atoms with van der Waals surface area (Å²) in [5.41, 5.74) is 0.624. The molecule has 1 aromatic carbocycles. The van der Waals surface area contributed by atoms with E-state index < -0.39 is 4.92 Å². The smallest absolute Gasteiger partial charge is 0.273 e. The van der Waals surface area contributed by atoms with Gasteiger partial charge < -0.3 is 10.1 Å². The Kier molecular flexibility index (Phi) is 3.52. The van der Waals surface area contributed by atoms with Crippen molar-refractivity contribution in [2.75, 3.05) is 19.0 Å². The van der Waals surface area contributed by atoms with E-state index in [9.17, 15) is 10.1 Å². The molecular formula is C10H10N2O3. The molecule has 1 rings (SSSR count). The third-order valence-electron chi connectivity index (χ3n) is 1.78. The highest BCUT2D eigenvalue weighted by Gasteiger charge is 2.10. The van der Waals surface area contributed by atoms with Crippen molar-refractivity contribution in [3.8, 4) is 18.1 Å². The molecule has 0 aliphatic heterocycles. The molecule has 0 amide bonds. The fraction of sp³-hybridized carbons (Fsp3) is 0.200. The number of anilines is 1. The third kappa shape index (κ3) is 2.61. The molecule has 0 saturated heterocycles. The Balaban J connectivity index is 2.99. The number of nitrogens with one attached hydrogen (secondary N) is 1. The number of hydrogen-bond acceptors (Lipinski definition) is 4. The van der Waals surface area contributed by atoms with E-state index in [0.717, 1.165) is 0 Å². The number of nitrogens with zero attached hydrogens (tertiary/aromatic N) is 1. The van der Waals surface area contributed by atoms with E-state index in [1.165, 1.54) is 19.2 Å². The lowest BCUT2D eigenvalue weighted by Crippen LogP contribution is -2.01. The fourth-order valence-electron chi connectivity index (χ4n) is 1.09. The van der Waals surface area contributed by atoms with Gasteiger partial charge in [0.1, 0.15) is 5.75 Å². The van der Waals surface area contributed by atoms with Crippen LogP contribution < -0.4 is 10.1 Å². The van der Waals surface area contributed by atoms with Crippen LogP contribution in [0.25, 0.3) is 0 Å². The number of non-ortho nitro benzene ring substituents is 1. The Morgan fingerprint density at radius 2 is 2.40 bits per heavy atom. The molecule has 0 aliphatic rings. The van der Waals surface area contributed by atoms with Crippen LogP contribution in [-0.2, 0) is 0 Å². The number of ether oxygens (including phenoxy) is 1. The number of hydrogen-bond donors (Lipinski definition) is 1. The first-order chi connectivity index (χ1) is 7.19. The standard InChI is InChI=1S/C10H10N2O3/c1-3-6-11-9-5-4-8(12(13)14)7-10(9)15-2/h1,4-5,7,11H,6H2,2H3. The molecule has 0 atom stereocenters. The van der Waals surface area contributed by atoms with Crippen LogP contribution in [0.5, 0.6) is 5.75 Å². The van der Waals surface area contributed by atoms with Gasteiger partial charge in [-0.25, -0.2) is 0 Å². The zero-order valence-corrected chi connectivity index (χ0v) is 8.19. The molecule has 0 bridgehead atoms. The highest BCUT2D eigenvalue weighted by atomic mass is 16.6. The summed E-state index contributed by atoms with van der Waals surface area (Å²) in [6.45, 7) is 0.341. The molecule has 0 aromatic heterocycles. The van der Waals surface area contributed by atoms with Crippen LogP contribution in [0.4, 0.5) is 11.4 Å². The van der Waals surface area contributed by atoms with Gasteiger partial charge in [-0.3, -0.25) is 10.1 Å². The maximum atomic E-state index is 10.5. The van der Waals surface area contributed by atoms with Crippen molar-refractivity contribution in [2.45, 2.75) is 0 Å². The minimum absolute atomic E-state index is 0.0156. The Bertz CT molecular complexity index is 410. The molecule has 0 aliphatic carbocycles. The van der Waals surface area contributed by atoms with Crippen LogP contribution >= 0.6 is 0 Å². The molecule has 1 N–H and O–H groups in total. The number of nitro benzene ring substituents is 1. The SMILES string of the molecule is C#CCNc1ccc([N+](=O)[O-])cc1OC. The van der Waals surface area contributed by atoms with Gasteiger partial charge in [0.05, 0.1) is 30.3 Å². The molecule has 0 radical (unpaired) electrons. The number of terminal acetylenes is 1. The summed E-state index contributed by atoms with van der Waals surface area (Å²) in [6.07, 6.45) is 5.08. The highest BCUT2D eigenvalue weighted by molar-refractivity contribution is 5.61. The molecule has 1 aromatic rings. The lowest BCUT2D eigenvalue weighted by atomic mass is 10.2. The van der Waals surface area contributed by atoms with Crippen LogP contribution in [0.2, 0.25) is 0 Å². The van der Waals surface area contributed by atoms with Gasteiger partial charge in [0.25, 0.3) is 5.69 Å². The van der Waals surface area contributed by atoms with Gasteiger partial charge in [0.2, 0.25) is 0 Å². The molecule has 15 heavy (non-hydrogen) atoms. The van der Waals surface area contributed by atoms with E-state index in [1.54, 1.807) is 6.07 Å². The summed E-state index contributed by atoms with van der Waals surface area (Å²) < 4.78 is 5.00. The normalized spacial score (nSPS) is 9.07. The molecule has 0 fully saturated rings. The minimum atomic E-state index is -0.479. The molecule has 5 nitrogen and oxygen atoms in total. The van der Waals surface area contributed by atoms with E-state index in [4.69, 9.17) is 11.2 Å². The Morgan fingerprint density at radius 1 is 1.67 bits per heavy atom. The predicted octanol–water partition coefficient (Wildman–Crippen LogP) is 1.65. The van der Waals surface area contributed by atoms with Crippen LogP contribution in [0.1, 0.15) is 0 Å². The van der Waals surface area contributed by atoms with Gasteiger partial charge in [-0.1, -0.05) is 5.92 Å². The van der Waals surface area contributed by atoms with Gasteiger partial charge >= 0.3 is 0 Å². The largest absolute Gasteiger partial charge is 0.494 e. The summed E-state index contributed by atoms with van der Waals surface area (Å²) in [5, 5.41) is 13.4. The van der Waals surface area contributed by atoms with E-state index in [-0.39, 0.29) is 5.69 Å². The number of nitro groups is 1. The van der Waals surface area contributed by atoms with Crippen molar-refractivity contribution in [2.24, 2.45) is 0 Å². The topological polar surface area (TPSA) is 64.4 Å². The van der Waals surface area contributed by atoms with Gasteiger partial charge in [0.15, 0.2) is 0 Å². The van der Waals surface area contributed by atoms with Gasteiger partial charge in [-0.2, -0.15) is 0 Å². The Hall–Kier alpha value is -2.22. The summed E-state index contributed by atoms with van der Waals surface area (Å²) in [7, 11) is 1.44. The predicted molar refractivity (Wildman–Crippen MR) is 57.0 cm³/mol. The second-order valence-corrected chi connectivity index (χ2v) is 2.70. The first-order valence-corrected chi connectivity index (χ1v) is 4.18. The van der Waals surface area contributed by atoms with Crippen LogP contribution in [-0.4, -0.2) is 18.6 Å². The van der Waals surface area contributed by atoms with Crippen molar-refractivity contribution in [1.29, 1.82) is 0 Å². The van der Waals surface area contributed by atoms with E-state index in [0.29, 0.717) is 18.0 Å². The molecule has 0 unspecified atom stereocenters. The monoisotopic (exact) mass is 206 g/mol. The molecular weight excluding hydrogens is 196 g/mol. The quantitative estimate of drug-likeness (QED) is 0.462. The van der Waals surface area contributed by atoms with E-state index in [1.807, 2.05) is 0 Å². The zero-order valence-electron chi connectivity index (χ0n) is 8.19. The zero-order chi connectivity index (χ0) is 11.3. The van der Waals surface area contributed by atoms with Crippen molar-refractivity contribution in [1.82, 2.24) is 0 Å². The van der Waals surface area contributed by atoms with Crippen molar-refractivity contribution < 1.29 is 9.66 Å². The number of rotatable bonds is 4. The average molecular weight is 206 g/mol. The number of benzene rings is 1. The molecule has 78 valence electrons. The molecule has 0 spiro atoms. The van der Waals surface area contributed by atoms with Gasteiger partial charge in [-0.15, -0.1) is 6.42 Å². The maximum absolute atomic E-state index is 10.5. The van der Waals surface area contributed by atoms with Gasteiger partial charge in [0, 0.05) is 6.07 Å². The second kappa shape index (κ2) is 4.86. The summed E-state index contributed by atoms with van der Waals surface area (Å²) in [4.78, 5) is 10.0. The molecule has 0 saturated carbocycles. The van der Waals surface area contributed by atoms with Crippen molar-refractivity contribution in [3.63, 3.8) is 0 Å². The average Bonchev–Trinajstić information content (AvgIpc) is 2.25. The highest BCUT2D eigenvalue weighted by Crippen LogP contribution is 2.28. The molecule has 5 heteroatoms. The summed E-state index contributed by atoms with van der Waals surface area (Å²) in [6, 6.07) is 4.30. The molecule has 0 heterocycles. The second-order valence-electron chi connectivity index (χ2n) is 2.70. The Labute approximate surface area is 87.2 Å². The van der Waals surface area contributed by atoms with Crippen molar-refractivity contribution >= 4 is 11.4 Å². The van der Waals surface area contributed by atoms with Crippen LogP contribution in [0.15, 0.2) is 18.2 Å². The third-order valence-corrected chi connectivity index (χ3v) is 1.78. The van der Waals surface area contributed by atoms with Gasteiger partial charge in [-0.05, 0) is 6.07 Å². The summed E-state index contributed by atoms with van der Waals surface area (Å²) >= 11 is 0. The van der Waals surface area contributed by atoms with E-state index in [2.05, 4.69) is 11.2 Å². The van der Waals surface area contributed by atoms with E-state index >= 15 is 0 Å². The van der Waals surface area contributed by atoms with Crippen molar-refractivity contribution in [3.05, 3.63) is 28.3 Å². The van der Waals surface area contributed by atoms with Crippen LogP contribution in [0.3, 0.4) is 0 Å². The first kappa shape index (κ1) is 10.9. The Morgan fingerprint density at radius 3 is 2.93 bits per heavy atom. The van der Waals surface area contributed by atoms with Crippen LogP contribution in [0, 0.1) is 22.5 Å². The lowest BCUT2D eigenvalue weighted by Gasteiger charge is -2.08. The first-order valence-electron chi connectivity index (χ1n) is 4.18. The fourth-order valence-corrected chi connectivity index (χ4v) is 1.09. The minimum Gasteiger partial charge on any atom is -0.494 e. The maximum Gasteiger partial charge on any atom is 0.273 e. The summed E-state index contributed by atoms with van der Waals surface area (Å²) in [5.74, 6) is 2.81. The lowest BCUT2D eigenvalue weighted by molar-refractivity contribution is -0.384.